The standard InChI is InChI=1S/C12H19IN4O/c1-4-8-10(13)12(14-2)16-11(15-8)9-7-17(3)5-6-18-9/h9H,4-7H2,1-3H3,(H,14,15,16). The van der Waals surface area contributed by atoms with Crippen LogP contribution in [0.1, 0.15) is 24.5 Å². The lowest BCUT2D eigenvalue weighted by Gasteiger charge is -2.29. The molecule has 0 aliphatic carbocycles. The van der Waals surface area contributed by atoms with E-state index in [0.29, 0.717) is 0 Å². The zero-order chi connectivity index (χ0) is 13.1. The number of anilines is 1. The van der Waals surface area contributed by atoms with Crippen molar-refractivity contribution in [3.05, 3.63) is 15.1 Å². The molecule has 5 nitrogen and oxygen atoms in total. The van der Waals surface area contributed by atoms with Crippen LogP contribution in [-0.2, 0) is 11.2 Å². The maximum atomic E-state index is 5.78. The molecule has 0 saturated carbocycles. The maximum absolute atomic E-state index is 5.78. The molecule has 0 aromatic carbocycles. The van der Waals surface area contributed by atoms with Crippen molar-refractivity contribution in [2.75, 3.05) is 39.1 Å². The average Bonchev–Trinajstić information content (AvgIpc) is 2.39. The van der Waals surface area contributed by atoms with E-state index in [1.807, 2.05) is 7.05 Å². The second kappa shape index (κ2) is 6.12. The van der Waals surface area contributed by atoms with Crippen LogP contribution in [0, 0.1) is 3.57 Å². The van der Waals surface area contributed by atoms with Crippen LogP contribution in [0.2, 0.25) is 0 Å². The van der Waals surface area contributed by atoms with Gasteiger partial charge in [-0.3, -0.25) is 0 Å². The Kier molecular flexibility index (Phi) is 4.74. The number of rotatable bonds is 3. The van der Waals surface area contributed by atoms with Crippen molar-refractivity contribution in [2.45, 2.75) is 19.4 Å². The molecule has 1 aromatic heterocycles. The fourth-order valence-electron chi connectivity index (χ4n) is 1.99. The van der Waals surface area contributed by atoms with Crippen molar-refractivity contribution in [1.82, 2.24) is 14.9 Å². The van der Waals surface area contributed by atoms with Crippen molar-refractivity contribution in [1.29, 1.82) is 0 Å². The van der Waals surface area contributed by atoms with E-state index in [4.69, 9.17) is 4.74 Å². The molecule has 6 heteroatoms. The van der Waals surface area contributed by atoms with Gasteiger partial charge in [0.2, 0.25) is 0 Å². The van der Waals surface area contributed by atoms with Crippen LogP contribution >= 0.6 is 22.6 Å². The van der Waals surface area contributed by atoms with Crippen LogP contribution in [0.3, 0.4) is 0 Å². The van der Waals surface area contributed by atoms with E-state index >= 15 is 0 Å². The van der Waals surface area contributed by atoms with E-state index < -0.39 is 0 Å². The molecule has 1 unspecified atom stereocenters. The first kappa shape index (κ1) is 14.0. The summed E-state index contributed by atoms with van der Waals surface area (Å²) in [6.45, 7) is 4.68. The lowest BCUT2D eigenvalue weighted by atomic mass is 10.2. The van der Waals surface area contributed by atoms with E-state index in [9.17, 15) is 0 Å². The molecule has 1 fully saturated rings. The summed E-state index contributed by atoms with van der Waals surface area (Å²) in [5, 5.41) is 3.13. The lowest BCUT2D eigenvalue weighted by Crippen LogP contribution is -2.36. The van der Waals surface area contributed by atoms with Crippen LogP contribution < -0.4 is 5.32 Å². The van der Waals surface area contributed by atoms with Gasteiger partial charge < -0.3 is 15.0 Å². The Bertz CT molecular complexity index is 402. The van der Waals surface area contributed by atoms with Gasteiger partial charge in [0.05, 0.1) is 15.9 Å². The number of morpholine rings is 1. The van der Waals surface area contributed by atoms with Crippen molar-refractivity contribution in [3.63, 3.8) is 0 Å². The van der Waals surface area contributed by atoms with Crippen LogP contribution in [0.15, 0.2) is 0 Å². The summed E-state index contributed by atoms with van der Waals surface area (Å²) >= 11 is 2.29. The van der Waals surface area contributed by atoms with Crippen molar-refractivity contribution < 1.29 is 4.74 Å². The predicted molar refractivity (Wildman–Crippen MR) is 79.9 cm³/mol. The van der Waals surface area contributed by atoms with Crippen molar-refractivity contribution >= 4 is 28.4 Å². The molecule has 2 heterocycles. The number of hydrogen-bond donors (Lipinski definition) is 1. The highest BCUT2D eigenvalue weighted by atomic mass is 127. The molecule has 1 aromatic rings. The van der Waals surface area contributed by atoms with E-state index in [-0.39, 0.29) is 6.10 Å². The van der Waals surface area contributed by atoms with Crippen LogP contribution in [0.4, 0.5) is 5.82 Å². The number of aryl methyl sites for hydroxylation is 1. The van der Waals surface area contributed by atoms with Crippen molar-refractivity contribution in [3.8, 4) is 0 Å². The molecule has 2 rings (SSSR count). The van der Waals surface area contributed by atoms with Crippen molar-refractivity contribution in [2.24, 2.45) is 0 Å². The molecule has 100 valence electrons. The van der Waals surface area contributed by atoms with Gasteiger partial charge in [-0.15, -0.1) is 0 Å². The van der Waals surface area contributed by atoms with Gasteiger partial charge in [0.1, 0.15) is 11.9 Å². The SMILES string of the molecule is CCc1nc(C2CN(C)CCO2)nc(NC)c1I. The Balaban J connectivity index is 2.32. The third kappa shape index (κ3) is 2.92. The molecule has 0 spiro atoms. The van der Waals surface area contributed by atoms with E-state index in [1.165, 1.54) is 0 Å². The minimum Gasteiger partial charge on any atom is -0.372 e. The molecule has 1 atom stereocenters. The fraction of sp³-hybridized carbons (Fsp3) is 0.667. The minimum absolute atomic E-state index is 0.0156. The molecule has 1 saturated heterocycles. The average molecular weight is 362 g/mol. The summed E-state index contributed by atoms with van der Waals surface area (Å²) < 4.78 is 6.88. The number of aromatic nitrogens is 2. The highest BCUT2D eigenvalue weighted by molar-refractivity contribution is 14.1. The van der Waals surface area contributed by atoms with Gasteiger partial charge >= 0.3 is 0 Å². The molecule has 1 aliphatic rings. The van der Waals surface area contributed by atoms with Gasteiger partial charge in [-0.25, -0.2) is 9.97 Å². The number of nitrogens with zero attached hydrogens (tertiary/aromatic N) is 3. The van der Waals surface area contributed by atoms with E-state index in [2.05, 4.69) is 56.7 Å². The Hall–Kier alpha value is -0.470. The zero-order valence-electron chi connectivity index (χ0n) is 11.0. The number of likely N-dealkylation sites (N-methyl/N-ethyl adjacent to an activating group) is 1. The highest BCUT2D eigenvalue weighted by Gasteiger charge is 2.23. The molecule has 1 N–H and O–H groups in total. The Morgan fingerprint density at radius 1 is 1.50 bits per heavy atom. The predicted octanol–water partition coefficient (Wildman–Crippen LogP) is 1.69. The minimum atomic E-state index is -0.0156. The summed E-state index contributed by atoms with van der Waals surface area (Å²) in [6, 6.07) is 0. The van der Waals surface area contributed by atoms with Crippen LogP contribution in [0.25, 0.3) is 0 Å². The summed E-state index contributed by atoms with van der Waals surface area (Å²) in [4.78, 5) is 11.5. The lowest BCUT2D eigenvalue weighted by molar-refractivity contribution is -0.0255. The molecule has 18 heavy (non-hydrogen) atoms. The van der Waals surface area contributed by atoms with Gasteiger partial charge in [0, 0.05) is 20.1 Å². The second-order valence-electron chi connectivity index (χ2n) is 4.42. The summed E-state index contributed by atoms with van der Waals surface area (Å²) in [5.41, 5.74) is 1.08. The fourth-order valence-corrected chi connectivity index (χ4v) is 2.88. The highest BCUT2D eigenvalue weighted by Crippen LogP contribution is 2.24. The Morgan fingerprint density at radius 3 is 2.89 bits per heavy atom. The maximum Gasteiger partial charge on any atom is 0.161 e. The Morgan fingerprint density at radius 2 is 2.28 bits per heavy atom. The van der Waals surface area contributed by atoms with E-state index in [0.717, 1.165) is 47.0 Å². The molecule has 1 aliphatic heterocycles. The summed E-state index contributed by atoms with van der Waals surface area (Å²) in [5.74, 6) is 1.69. The molecular formula is C12H19IN4O. The molecule has 0 radical (unpaired) electrons. The number of halogens is 1. The molecule has 0 amide bonds. The van der Waals surface area contributed by atoms with Gasteiger partial charge in [-0.05, 0) is 36.1 Å². The van der Waals surface area contributed by atoms with Gasteiger partial charge in [0.25, 0.3) is 0 Å². The van der Waals surface area contributed by atoms with Gasteiger partial charge in [-0.1, -0.05) is 6.92 Å². The smallest absolute Gasteiger partial charge is 0.161 e. The number of nitrogens with one attached hydrogen (secondary N) is 1. The third-order valence-electron chi connectivity index (χ3n) is 3.07. The molecule has 0 bridgehead atoms. The van der Waals surface area contributed by atoms with Gasteiger partial charge in [0.15, 0.2) is 5.82 Å². The monoisotopic (exact) mass is 362 g/mol. The largest absolute Gasteiger partial charge is 0.372 e. The first-order valence-electron chi connectivity index (χ1n) is 6.20. The van der Waals surface area contributed by atoms with Crippen LogP contribution in [-0.4, -0.2) is 48.7 Å². The summed E-state index contributed by atoms with van der Waals surface area (Å²) in [7, 11) is 3.99. The number of ether oxygens (including phenoxy) is 1. The van der Waals surface area contributed by atoms with E-state index in [1.54, 1.807) is 0 Å². The quantitative estimate of drug-likeness (QED) is 0.830. The first-order chi connectivity index (χ1) is 8.65. The van der Waals surface area contributed by atoms with Gasteiger partial charge in [-0.2, -0.15) is 0 Å². The first-order valence-corrected chi connectivity index (χ1v) is 7.27. The normalized spacial score (nSPS) is 21.0. The zero-order valence-corrected chi connectivity index (χ0v) is 13.2. The molecular weight excluding hydrogens is 343 g/mol. The third-order valence-corrected chi connectivity index (χ3v) is 4.20. The topological polar surface area (TPSA) is 50.3 Å². The Labute approximate surface area is 121 Å². The second-order valence-corrected chi connectivity index (χ2v) is 5.50. The van der Waals surface area contributed by atoms with Crippen LogP contribution in [0.5, 0.6) is 0 Å². The summed E-state index contributed by atoms with van der Waals surface area (Å²) in [6.07, 6.45) is 0.892. The number of hydrogen-bond acceptors (Lipinski definition) is 5.